The molecule has 2 aromatic carbocycles. The van der Waals surface area contributed by atoms with Gasteiger partial charge in [-0.15, -0.1) is 0 Å². The van der Waals surface area contributed by atoms with Crippen molar-refractivity contribution >= 4 is 17.6 Å². The van der Waals surface area contributed by atoms with Crippen LogP contribution in [0.2, 0.25) is 0 Å². The van der Waals surface area contributed by atoms with Gasteiger partial charge in [0.1, 0.15) is 5.75 Å². The Kier molecular flexibility index (Phi) is 4.85. The molecular formula is C16H12ClF3O3. The molecule has 0 spiro atoms. The quantitative estimate of drug-likeness (QED) is 0.611. The van der Waals surface area contributed by atoms with E-state index in [1.54, 1.807) is 18.2 Å². The zero-order valence-corrected chi connectivity index (χ0v) is 12.7. The molecule has 0 aliphatic carbocycles. The highest BCUT2D eigenvalue weighted by molar-refractivity contribution is 6.32. The highest BCUT2D eigenvalue weighted by atomic mass is 35.5. The fourth-order valence-corrected chi connectivity index (χ4v) is 2.19. The molecule has 0 aliphatic heterocycles. The van der Waals surface area contributed by atoms with Gasteiger partial charge in [0.15, 0.2) is 0 Å². The Morgan fingerprint density at radius 2 is 1.61 bits per heavy atom. The molecule has 122 valence electrons. The van der Waals surface area contributed by atoms with Crippen LogP contribution in [0.1, 0.15) is 11.1 Å². The Balaban J connectivity index is 2.42. The average molecular weight is 345 g/mol. The van der Waals surface area contributed by atoms with Crippen molar-refractivity contribution in [2.75, 3.05) is 7.11 Å². The summed E-state index contributed by atoms with van der Waals surface area (Å²) in [6.07, 6.45) is -4.54. The molecule has 0 radical (unpaired) electrons. The Morgan fingerprint density at radius 1 is 1.00 bits per heavy atom. The molecule has 1 atom stereocenters. The van der Waals surface area contributed by atoms with Gasteiger partial charge in [-0.1, -0.05) is 48.0 Å². The third-order valence-corrected chi connectivity index (χ3v) is 3.46. The topological polar surface area (TPSA) is 35.5 Å². The molecule has 3 nitrogen and oxygen atoms in total. The fraction of sp³-hybridized carbons (Fsp3) is 0.188. The monoisotopic (exact) mass is 344 g/mol. The van der Waals surface area contributed by atoms with E-state index >= 15 is 0 Å². The average Bonchev–Trinajstić information content (AvgIpc) is 2.54. The van der Waals surface area contributed by atoms with Gasteiger partial charge in [0.2, 0.25) is 0 Å². The van der Waals surface area contributed by atoms with E-state index in [4.69, 9.17) is 16.3 Å². The van der Waals surface area contributed by atoms with Crippen LogP contribution in [0.3, 0.4) is 0 Å². The number of carbonyl (C=O) groups is 1. The largest absolute Gasteiger partial charge is 0.465 e. The predicted molar refractivity (Wildman–Crippen MR) is 78.1 cm³/mol. The van der Waals surface area contributed by atoms with Crippen molar-refractivity contribution in [3.05, 3.63) is 65.7 Å². The summed E-state index contributed by atoms with van der Waals surface area (Å²) in [6.45, 7) is 0. The third-order valence-electron chi connectivity index (χ3n) is 3.01. The lowest BCUT2D eigenvalue weighted by Gasteiger charge is -2.26. The minimum atomic E-state index is -4.54. The van der Waals surface area contributed by atoms with Gasteiger partial charge in [0.05, 0.1) is 12.7 Å². The molecule has 0 amide bonds. The zero-order valence-electron chi connectivity index (χ0n) is 11.9. The van der Waals surface area contributed by atoms with Crippen LogP contribution in [0, 0.1) is 0 Å². The molecule has 1 unspecified atom stereocenters. The maximum atomic E-state index is 12.8. The minimum absolute atomic E-state index is 0.205. The summed E-state index contributed by atoms with van der Waals surface area (Å²) in [5.41, 5.74) is -0.669. The molecule has 7 heteroatoms. The SMILES string of the molecule is COC(=O)C(Cl)(Oc1cccc(C(F)(F)F)c1)c1ccccc1. The molecule has 0 aromatic heterocycles. The molecule has 0 heterocycles. The van der Waals surface area contributed by atoms with E-state index in [1.165, 1.54) is 18.2 Å². The number of alkyl halides is 4. The van der Waals surface area contributed by atoms with Gasteiger partial charge >= 0.3 is 17.2 Å². The van der Waals surface area contributed by atoms with Crippen LogP contribution in [0.5, 0.6) is 5.75 Å². The molecular weight excluding hydrogens is 333 g/mol. The Hall–Kier alpha value is -2.21. The second-order valence-corrected chi connectivity index (χ2v) is 5.11. The van der Waals surface area contributed by atoms with E-state index in [9.17, 15) is 18.0 Å². The maximum absolute atomic E-state index is 12.8. The minimum Gasteiger partial charge on any atom is -0.465 e. The van der Waals surface area contributed by atoms with Crippen LogP contribution in [-0.2, 0) is 20.8 Å². The van der Waals surface area contributed by atoms with Crippen LogP contribution >= 0.6 is 11.6 Å². The highest BCUT2D eigenvalue weighted by Gasteiger charge is 2.43. The number of ether oxygens (including phenoxy) is 2. The lowest BCUT2D eigenvalue weighted by molar-refractivity contribution is -0.152. The molecule has 0 saturated heterocycles. The Labute approximate surface area is 135 Å². The lowest BCUT2D eigenvalue weighted by Crippen LogP contribution is -2.37. The van der Waals surface area contributed by atoms with E-state index in [0.717, 1.165) is 25.3 Å². The number of hydrogen-bond acceptors (Lipinski definition) is 3. The molecule has 2 rings (SSSR count). The van der Waals surface area contributed by atoms with Crippen LogP contribution in [0.4, 0.5) is 13.2 Å². The fourth-order valence-electron chi connectivity index (χ4n) is 1.90. The van der Waals surface area contributed by atoms with E-state index in [0.29, 0.717) is 0 Å². The maximum Gasteiger partial charge on any atom is 0.416 e. The second kappa shape index (κ2) is 6.50. The number of esters is 1. The number of carbonyl (C=O) groups excluding carboxylic acids is 1. The first kappa shape index (κ1) is 17.1. The number of rotatable bonds is 4. The standard InChI is InChI=1S/C16H12ClF3O3/c1-22-14(21)15(17,11-6-3-2-4-7-11)23-13-9-5-8-12(10-13)16(18,19)20/h2-10H,1H3. The van der Waals surface area contributed by atoms with Crippen molar-refractivity contribution in [1.29, 1.82) is 0 Å². The van der Waals surface area contributed by atoms with Crippen LogP contribution in [0.15, 0.2) is 54.6 Å². The number of halogens is 4. The van der Waals surface area contributed by atoms with Gasteiger partial charge in [-0.3, -0.25) is 0 Å². The van der Waals surface area contributed by atoms with Gasteiger partial charge in [-0.05, 0) is 18.2 Å². The van der Waals surface area contributed by atoms with Crippen molar-refractivity contribution in [1.82, 2.24) is 0 Å². The predicted octanol–water partition coefficient (Wildman–Crippen LogP) is 4.35. The Bertz CT molecular complexity index is 688. The van der Waals surface area contributed by atoms with Crippen molar-refractivity contribution in [2.24, 2.45) is 0 Å². The van der Waals surface area contributed by atoms with E-state index in [-0.39, 0.29) is 11.3 Å². The highest BCUT2D eigenvalue weighted by Crippen LogP contribution is 2.36. The summed E-state index contributed by atoms with van der Waals surface area (Å²) in [6, 6.07) is 12.1. The third kappa shape index (κ3) is 3.76. The summed E-state index contributed by atoms with van der Waals surface area (Å²) in [4.78, 5) is 12.0. The number of methoxy groups -OCH3 is 1. The van der Waals surface area contributed by atoms with Gasteiger partial charge in [0.25, 0.3) is 0 Å². The van der Waals surface area contributed by atoms with Gasteiger partial charge < -0.3 is 9.47 Å². The first-order chi connectivity index (χ1) is 10.8. The normalized spacial score (nSPS) is 14.0. The molecule has 2 aromatic rings. The summed E-state index contributed by atoms with van der Waals surface area (Å²) < 4.78 is 48.3. The second-order valence-electron chi connectivity index (χ2n) is 4.58. The summed E-state index contributed by atoms with van der Waals surface area (Å²) in [5, 5.41) is -2.08. The Morgan fingerprint density at radius 3 is 2.17 bits per heavy atom. The van der Waals surface area contributed by atoms with Crippen LogP contribution < -0.4 is 4.74 Å². The van der Waals surface area contributed by atoms with E-state index < -0.39 is 22.8 Å². The summed E-state index contributed by atoms with van der Waals surface area (Å²) >= 11 is 6.24. The van der Waals surface area contributed by atoms with Crippen LogP contribution in [0.25, 0.3) is 0 Å². The molecule has 0 bridgehead atoms. The zero-order chi connectivity index (χ0) is 17.1. The molecule has 0 N–H and O–H groups in total. The first-order valence-corrected chi connectivity index (χ1v) is 6.84. The van der Waals surface area contributed by atoms with E-state index in [1.807, 2.05) is 0 Å². The molecule has 0 fully saturated rings. The molecule has 0 aliphatic rings. The smallest absolute Gasteiger partial charge is 0.416 e. The first-order valence-electron chi connectivity index (χ1n) is 6.46. The van der Waals surface area contributed by atoms with Crippen molar-refractivity contribution in [3.63, 3.8) is 0 Å². The number of benzene rings is 2. The summed E-state index contributed by atoms with van der Waals surface area (Å²) in [7, 11) is 1.11. The lowest BCUT2D eigenvalue weighted by atomic mass is 10.1. The summed E-state index contributed by atoms with van der Waals surface area (Å²) in [5.74, 6) is -1.15. The van der Waals surface area contributed by atoms with Gasteiger partial charge in [-0.25, -0.2) is 4.79 Å². The van der Waals surface area contributed by atoms with Crippen molar-refractivity contribution in [2.45, 2.75) is 11.2 Å². The van der Waals surface area contributed by atoms with E-state index in [2.05, 4.69) is 4.74 Å². The van der Waals surface area contributed by atoms with Crippen molar-refractivity contribution in [3.8, 4) is 5.75 Å². The number of hydrogen-bond donors (Lipinski definition) is 0. The van der Waals surface area contributed by atoms with Gasteiger partial charge in [0, 0.05) is 5.56 Å². The van der Waals surface area contributed by atoms with Crippen molar-refractivity contribution < 1.29 is 27.4 Å². The van der Waals surface area contributed by atoms with Gasteiger partial charge in [-0.2, -0.15) is 13.2 Å². The van der Waals surface area contributed by atoms with Crippen LogP contribution in [-0.4, -0.2) is 13.1 Å². The molecule has 0 saturated carbocycles. The molecule has 23 heavy (non-hydrogen) atoms.